The molecule has 0 aliphatic carbocycles. The molecule has 1 unspecified atom stereocenters. The number of anilines is 1. The summed E-state index contributed by atoms with van der Waals surface area (Å²) in [5.74, 6) is 1.46. The first-order chi connectivity index (χ1) is 9.29. The van der Waals surface area contributed by atoms with Gasteiger partial charge in [-0.25, -0.2) is 0 Å². The van der Waals surface area contributed by atoms with Crippen molar-refractivity contribution in [3.8, 4) is 0 Å². The fourth-order valence-corrected chi connectivity index (χ4v) is 4.34. The van der Waals surface area contributed by atoms with Gasteiger partial charge >= 0.3 is 0 Å². The molecule has 19 heavy (non-hydrogen) atoms. The van der Waals surface area contributed by atoms with Gasteiger partial charge in [0.25, 0.3) is 0 Å². The fourth-order valence-electron chi connectivity index (χ4n) is 3.00. The van der Waals surface area contributed by atoms with Crippen LogP contribution < -0.4 is 4.90 Å². The SMILES string of the molecule is O=S1Cc2ccc(N3Cc4ccccc4C3)cc2C1. The summed E-state index contributed by atoms with van der Waals surface area (Å²) < 4.78 is 11.6. The van der Waals surface area contributed by atoms with Gasteiger partial charge < -0.3 is 4.90 Å². The Morgan fingerprint density at radius 3 is 2.26 bits per heavy atom. The third kappa shape index (κ3) is 1.89. The highest BCUT2D eigenvalue weighted by atomic mass is 32.2. The van der Waals surface area contributed by atoms with E-state index in [-0.39, 0.29) is 0 Å². The summed E-state index contributed by atoms with van der Waals surface area (Å²) in [7, 11) is -0.688. The molecule has 0 saturated carbocycles. The zero-order chi connectivity index (χ0) is 12.8. The molecule has 2 nitrogen and oxygen atoms in total. The minimum Gasteiger partial charge on any atom is -0.363 e. The maximum atomic E-state index is 11.6. The number of rotatable bonds is 1. The lowest BCUT2D eigenvalue weighted by Gasteiger charge is -2.18. The molecule has 0 N–H and O–H groups in total. The Labute approximate surface area is 115 Å². The van der Waals surface area contributed by atoms with Crippen molar-refractivity contribution < 1.29 is 4.21 Å². The molecule has 0 amide bonds. The number of fused-ring (bicyclic) bond motifs is 2. The zero-order valence-corrected chi connectivity index (χ0v) is 11.5. The summed E-state index contributed by atoms with van der Waals surface area (Å²) in [6.45, 7) is 1.97. The number of nitrogens with zero attached hydrogens (tertiary/aromatic N) is 1. The van der Waals surface area contributed by atoms with Crippen molar-refractivity contribution in [2.45, 2.75) is 24.6 Å². The van der Waals surface area contributed by atoms with Crippen molar-refractivity contribution >= 4 is 16.5 Å². The fraction of sp³-hybridized carbons (Fsp3) is 0.250. The molecule has 0 fully saturated rings. The number of hydrogen-bond acceptors (Lipinski definition) is 2. The van der Waals surface area contributed by atoms with E-state index in [2.05, 4.69) is 47.4 Å². The third-order valence-electron chi connectivity index (χ3n) is 4.03. The van der Waals surface area contributed by atoms with Crippen LogP contribution in [0.2, 0.25) is 0 Å². The zero-order valence-electron chi connectivity index (χ0n) is 10.6. The smallest absolute Gasteiger partial charge is 0.0492 e. The summed E-state index contributed by atoms with van der Waals surface area (Å²) >= 11 is 0. The van der Waals surface area contributed by atoms with E-state index < -0.39 is 10.8 Å². The third-order valence-corrected chi connectivity index (χ3v) is 5.29. The van der Waals surface area contributed by atoms with E-state index in [9.17, 15) is 4.21 Å². The van der Waals surface area contributed by atoms with Gasteiger partial charge in [0.2, 0.25) is 0 Å². The molecule has 2 aliphatic rings. The van der Waals surface area contributed by atoms with Crippen LogP contribution in [0.3, 0.4) is 0 Å². The van der Waals surface area contributed by atoms with Crippen molar-refractivity contribution in [3.63, 3.8) is 0 Å². The first-order valence-electron chi connectivity index (χ1n) is 6.58. The van der Waals surface area contributed by atoms with Crippen LogP contribution in [0.1, 0.15) is 22.3 Å². The lowest BCUT2D eigenvalue weighted by Crippen LogP contribution is -2.14. The quantitative estimate of drug-likeness (QED) is 0.793. The van der Waals surface area contributed by atoms with Gasteiger partial charge in [0.05, 0.1) is 0 Å². The molecule has 0 saturated heterocycles. The van der Waals surface area contributed by atoms with Crippen LogP contribution in [0.15, 0.2) is 42.5 Å². The lowest BCUT2D eigenvalue weighted by molar-refractivity contribution is 0.684. The second-order valence-electron chi connectivity index (χ2n) is 5.31. The van der Waals surface area contributed by atoms with Gasteiger partial charge in [0.1, 0.15) is 0 Å². The van der Waals surface area contributed by atoms with Crippen LogP contribution in [0.25, 0.3) is 0 Å². The molecule has 2 aromatic carbocycles. The Hall–Kier alpha value is -1.61. The molecule has 0 spiro atoms. The lowest BCUT2D eigenvalue weighted by atomic mass is 10.1. The topological polar surface area (TPSA) is 20.3 Å². The molecule has 1 atom stereocenters. The molecular formula is C16H15NOS. The Balaban J connectivity index is 1.66. The van der Waals surface area contributed by atoms with Gasteiger partial charge in [-0.15, -0.1) is 0 Å². The van der Waals surface area contributed by atoms with Crippen LogP contribution in [0.4, 0.5) is 5.69 Å². The van der Waals surface area contributed by atoms with Gasteiger partial charge in [0.15, 0.2) is 0 Å². The highest BCUT2D eigenvalue weighted by molar-refractivity contribution is 7.83. The molecular weight excluding hydrogens is 254 g/mol. The summed E-state index contributed by atoms with van der Waals surface area (Å²) in [6, 6.07) is 15.2. The molecule has 3 heteroatoms. The second-order valence-corrected chi connectivity index (χ2v) is 6.76. The molecule has 0 radical (unpaired) electrons. The molecule has 4 rings (SSSR count). The van der Waals surface area contributed by atoms with Crippen molar-refractivity contribution in [3.05, 3.63) is 64.7 Å². The number of benzene rings is 2. The summed E-state index contributed by atoms with van der Waals surface area (Å²) in [5.41, 5.74) is 6.64. The first kappa shape index (κ1) is 11.2. The highest BCUT2D eigenvalue weighted by Gasteiger charge is 2.22. The van der Waals surface area contributed by atoms with Crippen LogP contribution >= 0.6 is 0 Å². The van der Waals surface area contributed by atoms with Crippen LogP contribution in [0, 0.1) is 0 Å². The van der Waals surface area contributed by atoms with E-state index >= 15 is 0 Å². The monoisotopic (exact) mass is 269 g/mol. The van der Waals surface area contributed by atoms with Crippen molar-refractivity contribution in [1.29, 1.82) is 0 Å². The van der Waals surface area contributed by atoms with Gasteiger partial charge in [-0.3, -0.25) is 4.21 Å². The van der Waals surface area contributed by atoms with E-state index in [0.29, 0.717) is 0 Å². The Morgan fingerprint density at radius 1 is 0.842 bits per heavy atom. The van der Waals surface area contributed by atoms with Gasteiger partial charge in [-0.05, 0) is 34.4 Å². The Morgan fingerprint density at radius 2 is 1.53 bits per heavy atom. The van der Waals surface area contributed by atoms with Gasteiger partial charge in [-0.1, -0.05) is 30.3 Å². The summed E-state index contributed by atoms with van der Waals surface area (Å²) in [5, 5.41) is 0. The Bertz CT molecular complexity index is 655. The molecule has 0 bridgehead atoms. The van der Waals surface area contributed by atoms with Crippen molar-refractivity contribution in [2.75, 3.05) is 4.90 Å². The maximum Gasteiger partial charge on any atom is 0.0492 e. The van der Waals surface area contributed by atoms with E-state index in [1.54, 1.807) is 0 Å². The normalized spacial score (nSPS) is 20.4. The predicted octanol–water partition coefficient (Wildman–Crippen LogP) is 2.97. The van der Waals surface area contributed by atoms with E-state index in [4.69, 9.17) is 0 Å². The van der Waals surface area contributed by atoms with Crippen LogP contribution in [0.5, 0.6) is 0 Å². The highest BCUT2D eigenvalue weighted by Crippen LogP contribution is 2.32. The number of hydrogen-bond donors (Lipinski definition) is 0. The molecule has 2 aromatic rings. The minimum atomic E-state index is -0.688. The minimum absolute atomic E-state index is 0.688. The average Bonchev–Trinajstić information content (AvgIpc) is 2.99. The average molecular weight is 269 g/mol. The summed E-state index contributed by atoms with van der Waals surface area (Å²) in [4.78, 5) is 2.40. The van der Waals surface area contributed by atoms with Gasteiger partial charge in [-0.2, -0.15) is 0 Å². The summed E-state index contributed by atoms with van der Waals surface area (Å²) in [6.07, 6.45) is 0. The second kappa shape index (κ2) is 4.20. The van der Waals surface area contributed by atoms with Crippen molar-refractivity contribution in [1.82, 2.24) is 0 Å². The molecule has 96 valence electrons. The first-order valence-corrected chi connectivity index (χ1v) is 8.07. The molecule has 2 heterocycles. The van der Waals surface area contributed by atoms with Crippen LogP contribution in [-0.2, 0) is 35.4 Å². The standard InChI is InChI=1S/C16H15NOS/c18-19-10-14-5-6-16(7-15(14)11-19)17-8-12-3-1-2-4-13(12)9-17/h1-7H,8-11H2. The Kier molecular flexibility index (Phi) is 2.49. The van der Waals surface area contributed by atoms with Crippen LogP contribution in [-0.4, -0.2) is 4.21 Å². The van der Waals surface area contributed by atoms with Gasteiger partial charge in [0, 0.05) is 41.1 Å². The van der Waals surface area contributed by atoms with Crippen molar-refractivity contribution in [2.24, 2.45) is 0 Å². The molecule has 0 aromatic heterocycles. The van der Waals surface area contributed by atoms with E-state index in [0.717, 1.165) is 24.6 Å². The maximum absolute atomic E-state index is 11.6. The predicted molar refractivity (Wildman–Crippen MR) is 78.3 cm³/mol. The molecule has 2 aliphatic heterocycles. The van der Waals surface area contributed by atoms with E-state index in [1.807, 2.05) is 0 Å². The largest absolute Gasteiger partial charge is 0.363 e. The van der Waals surface area contributed by atoms with E-state index in [1.165, 1.54) is 27.9 Å².